The van der Waals surface area contributed by atoms with Crippen molar-refractivity contribution in [3.05, 3.63) is 60.2 Å². The number of hydrogen-bond acceptors (Lipinski definition) is 2. The Kier molecular flexibility index (Phi) is 7.44. The molecule has 0 radical (unpaired) electrons. The molecule has 1 rings (SSSR count). The lowest BCUT2D eigenvalue weighted by molar-refractivity contribution is 0.119. The molecule has 0 aliphatic heterocycles. The van der Waals surface area contributed by atoms with Crippen LogP contribution < -0.4 is 5.32 Å². The Hall–Kier alpha value is -2.03. The number of ether oxygens (including phenoxy) is 1. The molecule has 1 unspecified atom stereocenters. The zero-order valence-electron chi connectivity index (χ0n) is 14.0. The summed E-state index contributed by atoms with van der Waals surface area (Å²) in [5.41, 5.74) is 1.06. The van der Waals surface area contributed by atoms with E-state index >= 15 is 0 Å². The van der Waals surface area contributed by atoms with E-state index in [2.05, 4.69) is 35.7 Å². The van der Waals surface area contributed by atoms with Crippen molar-refractivity contribution in [2.45, 2.75) is 52.2 Å². The van der Waals surface area contributed by atoms with Crippen LogP contribution in [-0.4, -0.2) is 17.7 Å². The Labute approximate surface area is 134 Å². The van der Waals surface area contributed by atoms with Gasteiger partial charge < -0.3 is 10.1 Å². The van der Waals surface area contributed by atoms with Gasteiger partial charge in [-0.2, -0.15) is 0 Å². The molecule has 1 N–H and O–H groups in total. The summed E-state index contributed by atoms with van der Waals surface area (Å²) < 4.78 is 5.23. The van der Waals surface area contributed by atoms with Crippen LogP contribution >= 0.6 is 0 Å². The highest BCUT2D eigenvalue weighted by molar-refractivity contribution is 5.68. The van der Waals surface area contributed by atoms with Gasteiger partial charge >= 0.3 is 6.09 Å². The topological polar surface area (TPSA) is 38.3 Å². The maximum absolute atomic E-state index is 11.6. The van der Waals surface area contributed by atoms with E-state index in [1.807, 2.05) is 52.0 Å². The van der Waals surface area contributed by atoms with Crippen molar-refractivity contribution < 1.29 is 9.53 Å². The average Bonchev–Trinajstić information content (AvgIpc) is 2.41. The van der Waals surface area contributed by atoms with Gasteiger partial charge in [-0.1, -0.05) is 48.6 Å². The molecule has 1 aromatic carbocycles. The minimum absolute atomic E-state index is 0.249. The second-order valence-electron chi connectivity index (χ2n) is 6.32. The van der Waals surface area contributed by atoms with Gasteiger partial charge in [0.2, 0.25) is 0 Å². The molecular weight excluding hydrogens is 274 g/mol. The van der Waals surface area contributed by atoms with Crippen LogP contribution in [0.25, 0.3) is 0 Å². The lowest BCUT2D eigenvalue weighted by Crippen LogP contribution is -2.41. The molecule has 1 amide bonds. The van der Waals surface area contributed by atoms with E-state index in [9.17, 15) is 4.79 Å². The molecule has 1 aromatic rings. The van der Waals surface area contributed by atoms with Gasteiger partial charge in [0.1, 0.15) is 6.10 Å². The fourth-order valence-electron chi connectivity index (χ4n) is 1.83. The molecule has 0 aliphatic carbocycles. The van der Waals surface area contributed by atoms with Crippen molar-refractivity contribution in [1.29, 1.82) is 0 Å². The number of aryl methyl sites for hydroxylation is 1. The molecule has 0 fully saturated rings. The highest BCUT2D eigenvalue weighted by atomic mass is 16.6. The number of benzene rings is 1. The number of alkyl carbamates (subject to hydrolysis) is 1. The van der Waals surface area contributed by atoms with Gasteiger partial charge in [-0.15, -0.1) is 0 Å². The van der Waals surface area contributed by atoms with Gasteiger partial charge in [-0.05, 0) is 52.2 Å². The Morgan fingerprint density at radius 1 is 1.23 bits per heavy atom. The van der Waals surface area contributed by atoms with Crippen molar-refractivity contribution in [2.75, 3.05) is 0 Å². The van der Waals surface area contributed by atoms with Gasteiger partial charge in [0.15, 0.2) is 0 Å². The molecule has 0 spiro atoms. The second-order valence-corrected chi connectivity index (χ2v) is 6.32. The summed E-state index contributed by atoms with van der Waals surface area (Å²) in [4.78, 5) is 11.6. The Bertz CT molecular complexity index is 498. The van der Waals surface area contributed by atoms with E-state index in [4.69, 9.17) is 4.74 Å². The second kappa shape index (κ2) is 9.08. The van der Waals surface area contributed by atoms with Gasteiger partial charge in [0, 0.05) is 5.54 Å². The van der Waals surface area contributed by atoms with Crippen LogP contribution in [0.15, 0.2) is 54.6 Å². The number of hydrogen-bond donors (Lipinski definition) is 1. The quantitative estimate of drug-likeness (QED) is 0.777. The van der Waals surface area contributed by atoms with Crippen LogP contribution in [0.4, 0.5) is 4.79 Å². The first kappa shape index (κ1) is 18.0. The summed E-state index contributed by atoms with van der Waals surface area (Å²) in [6, 6.07) is 10.4. The third kappa shape index (κ3) is 9.01. The maximum Gasteiger partial charge on any atom is 0.408 e. The van der Waals surface area contributed by atoms with Crippen molar-refractivity contribution in [1.82, 2.24) is 5.32 Å². The SMILES string of the molecule is CC(C=CC=CCCc1ccccc1)OC(=O)NC(C)(C)C. The normalized spacial score (nSPS) is 13.5. The standard InChI is InChI=1S/C19H27NO2/c1-16(22-18(21)20-19(2,3)4)12-8-5-6-9-13-17-14-10-7-11-15-17/h5-8,10-12,14-16H,9,13H2,1-4H3,(H,20,21). The molecule has 120 valence electrons. The molecule has 1 atom stereocenters. The third-order valence-electron chi connectivity index (χ3n) is 2.84. The van der Waals surface area contributed by atoms with Crippen molar-refractivity contribution >= 4 is 6.09 Å². The van der Waals surface area contributed by atoms with Crippen molar-refractivity contribution in [2.24, 2.45) is 0 Å². The van der Waals surface area contributed by atoms with E-state index < -0.39 is 6.09 Å². The molecule has 3 heteroatoms. The van der Waals surface area contributed by atoms with Crippen molar-refractivity contribution in [3.8, 4) is 0 Å². The minimum atomic E-state index is -0.391. The van der Waals surface area contributed by atoms with Crippen LogP contribution in [0.3, 0.4) is 0 Å². The number of amides is 1. The van der Waals surface area contributed by atoms with E-state index in [-0.39, 0.29) is 11.6 Å². The fraction of sp³-hybridized carbons (Fsp3) is 0.421. The van der Waals surface area contributed by atoms with Gasteiger partial charge in [0.05, 0.1) is 0 Å². The lowest BCUT2D eigenvalue weighted by Gasteiger charge is -2.21. The number of allylic oxidation sites excluding steroid dienone is 3. The van der Waals surface area contributed by atoms with E-state index in [1.165, 1.54) is 5.56 Å². The molecule has 0 saturated carbocycles. The predicted octanol–water partition coefficient (Wildman–Crippen LogP) is 4.64. The van der Waals surface area contributed by atoms with E-state index in [0.717, 1.165) is 12.8 Å². The molecule has 0 aromatic heterocycles. The first-order chi connectivity index (χ1) is 10.4. The molecule has 0 heterocycles. The highest BCUT2D eigenvalue weighted by Gasteiger charge is 2.15. The summed E-state index contributed by atoms with van der Waals surface area (Å²) in [6.45, 7) is 7.61. The molecular formula is C19H27NO2. The average molecular weight is 301 g/mol. The largest absolute Gasteiger partial charge is 0.442 e. The van der Waals surface area contributed by atoms with E-state index in [1.54, 1.807) is 0 Å². The molecule has 0 saturated heterocycles. The minimum Gasteiger partial charge on any atom is -0.442 e. The van der Waals surface area contributed by atoms with Crippen LogP contribution in [0.5, 0.6) is 0 Å². The summed E-state index contributed by atoms with van der Waals surface area (Å²) in [7, 11) is 0. The zero-order valence-corrected chi connectivity index (χ0v) is 14.0. The van der Waals surface area contributed by atoms with Crippen molar-refractivity contribution in [3.63, 3.8) is 0 Å². The predicted molar refractivity (Wildman–Crippen MR) is 91.9 cm³/mol. The first-order valence-corrected chi connectivity index (χ1v) is 7.73. The Morgan fingerprint density at radius 2 is 1.91 bits per heavy atom. The zero-order chi connectivity index (χ0) is 16.4. The maximum atomic E-state index is 11.6. The number of carbonyl (C=O) groups excluding carboxylic acids is 1. The molecule has 0 bridgehead atoms. The number of carbonyl (C=O) groups is 1. The first-order valence-electron chi connectivity index (χ1n) is 7.73. The summed E-state index contributed by atoms with van der Waals surface area (Å²) >= 11 is 0. The highest BCUT2D eigenvalue weighted by Crippen LogP contribution is 2.04. The smallest absolute Gasteiger partial charge is 0.408 e. The van der Waals surface area contributed by atoms with Gasteiger partial charge in [-0.25, -0.2) is 4.79 Å². The Balaban J connectivity index is 2.24. The molecule has 3 nitrogen and oxygen atoms in total. The summed E-state index contributed by atoms with van der Waals surface area (Å²) in [5.74, 6) is 0. The van der Waals surface area contributed by atoms with Crippen LogP contribution in [0.1, 0.15) is 39.7 Å². The third-order valence-corrected chi connectivity index (χ3v) is 2.84. The van der Waals surface area contributed by atoms with E-state index in [0.29, 0.717) is 0 Å². The summed E-state index contributed by atoms with van der Waals surface area (Å²) in [5, 5.41) is 2.77. The lowest BCUT2D eigenvalue weighted by atomic mass is 10.1. The van der Waals surface area contributed by atoms with Crippen LogP contribution in [0, 0.1) is 0 Å². The number of rotatable bonds is 6. The molecule has 22 heavy (non-hydrogen) atoms. The number of nitrogens with one attached hydrogen (secondary N) is 1. The summed E-state index contributed by atoms with van der Waals surface area (Å²) in [6.07, 6.45) is 9.27. The van der Waals surface area contributed by atoms with Gasteiger partial charge in [0.25, 0.3) is 0 Å². The monoisotopic (exact) mass is 301 g/mol. The van der Waals surface area contributed by atoms with Gasteiger partial charge in [-0.3, -0.25) is 0 Å². The molecule has 0 aliphatic rings. The van der Waals surface area contributed by atoms with Crippen LogP contribution in [0.2, 0.25) is 0 Å². The fourth-order valence-corrected chi connectivity index (χ4v) is 1.83. The van der Waals surface area contributed by atoms with Crippen LogP contribution in [-0.2, 0) is 11.2 Å². The Morgan fingerprint density at radius 3 is 2.55 bits per heavy atom.